The van der Waals surface area contributed by atoms with Crippen molar-refractivity contribution in [3.8, 4) is 0 Å². The Balaban J connectivity index is 1.95. The third-order valence-corrected chi connectivity index (χ3v) is 7.15. The predicted molar refractivity (Wildman–Crippen MR) is 109 cm³/mol. The van der Waals surface area contributed by atoms with E-state index in [1.54, 1.807) is 21.9 Å². The van der Waals surface area contributed by atoms with Crippen LogP contribution >= 0.6 is 0 Å². The highest BCUT2D eigenvalue weighted by Gasteiger charge is 2.29. The van der Waals surface area contributed by atoms with Gasteiger partial charge in [0.1, 0.15) is 0 Å². The Labute approximate surface area is 171 Å². The first-order valence-electron chi connectivity index (χ1n) is 9.66. The van der Waals surface area contributed by atoms with E-state index in [1.807, 2.05) is 0 Å². The number of carbonyl (C=O) groups excluding carboxylic acids is 2. The average Bonchev–Trinajstić information content (AvgIpc) is 2.73. The largest absolute Gasteiger partial charge is 0.378 e. The molecule has 0 aliphatic carbocycles. The highest BCUT2D eigenvalue weighted by molar-refractivity contribution is 7.89. The topological polar surface area (TPSA) is 90.5 Å². The molecule has 0 bridgehead atoms. The summed E-state index contributed by atoms with van der Waals surface area (Å²) in [5.41, 5.74) is 1.08. The van der Waals surface area contributed by atoms with E-state index >= 15 is 0 Å². The van der Waals surface area contributed by atoms with Crippen LogP contribution in [-0.2, 0) is 19.6 Å². The van der Waals surface area contributed by atoms with Crippen LogP contribution in [0.4, 0.5) is 5.69 Å². The van der Waals surface area contributed by atoms with Gasteiger partial charge in [0, 0.05) is 66.0 Å². The minimum Gasteiger partial charge on any atom is -0.378 e. The maximum Gasteiger partial charge on any atom is 0.256 e. The van der Waals surface area contributed by atoms with E-state index < -0.39 is 10.0 Å². The first-order valence-corrected chi connectivity index (χ1v) is 11.1. The van der Waals surface area contributed by atoms with Gasteiger partial charge in [-0.1, -0.05) is 0 Å². The van der Waals surface area contributed by atoms with E-state index in [-0.39, 0.29) is 16.7 Å². The van der Waals surface area contributed by atoms with E-state index in [9.17, 15) is 18.0 Å². The number of hydrogen-bond acceptors (Lipinski definition) is 6. The molecule has 0 aromatic heterocycles. The standard InChI is InChI=1S/C19H28N4O5S/c1-15(24)21-6-8-23(9-7-21)19(25)17-14-16(29(26,27)20(2)3)4-5-18(17)22-10-12-28-13-11-22/h4-5,14H,6-13H2,1-3H3. The number of ether oxygens (including phenoxy) is 1. The fourth-order valence-electron chi connectivity index (χ4n) is 3.53. The molecule has 2 heterocycles. The summed E-state index contributed by atoms with van der Waals surface area (Å²) < 4.78 is 31.8. The first kappa shape index (κ1) is 21.5. The van der Waals surface area contributed by atoms with Gasteiger partial charge in [-0.15, -0.1) is 0 Å². The molecule has 0 radical (unpaired) electrons. The molecule has 3 rings (SSSR count). The fraction of sp³-hybridized carbons (Fsp3) is 0.579. The van der Waals surface area contributed by atoms with Crippen LogP contribution in [0.15, 0.2) is 23.1 Å². The highest BCUT2D eigenvalue weighted by atomic mass is 32.2. The molecule has 2 fully saturated rings. The molecule has 2 aliphatic rings. The van der Waals surface area contributed by atoms with Crippen molar-refractivity contribution in [2.45, 2.75) is 11.8 Å². The summed E-state index contributed by atoms with van der Waals surface area (Å²) in [5.74, 6) is -0.226. The molecule has 0 unspecified atom stereocenters. The van der Waals surface area contributed by atoms with Gasteiger partial charge < -0.3 is 19.4 Å². The fourth-order valence-corrected chi connectivity index (χ4v) is 4.46. The quantitative estimate of drug-likeness (QED) is 0.680. The number of anilines is 1. The number of rotatable bonds is 4. The molecule has 160 valence electrons. The Morgan fingerprint density at radius 1 is 0.966 bits per heavy atom. The zero-order chi connectivity index (χ0) is 21.2. The Kier molecular flexibility index (Phi) is 6.45. The van der Waals surface area contributed by atoms with E-state index in [0.29, 0.717) is 63.7 Å². The summed E-state index contributed by atoms with van der Waals surface area (Å²) in [5, 5.41) is 0. The van der Waals surface area contributed by atoms with Gasteiger partial charge in [0.05, 0.1) is 23.7 Å². The lowest BCUT2D eigenvalue weighted by Crippen LogP contribution is -2.50. The molecule has 0 atom stereocenters. The van der Waals surface area contributed by atoms with Crippen LogP contribution in [0, 0.1) is 0 Å². The van der Waals surface area contributed by atoms with E-state index in [4.69, 9.17) is 4.74 Å². The number of nitrogens with zero attached hydrogens (tertiary/aromatic N) is 4. The molecule has 2 amide bonds. The smallest absolute Gasteiger partial charge is 0.256 e. The van der Waals surface area contributed by atoms with E-state index in [2.05, 4.69) is 4.90 Å². The van der Waals surface area contributed by atoms with Crippen LogP contribution in [0.3, 0.4) is 0 Å². The SMILES string of the molecule is CC(=O)N1CCN(C(=O)c2cc(S(=O)(=O)N(C)C)ccc2N2CCOCC2)CC1. The van der Waals surface area contributed by atoms with Crippen molar-refractivity contribution in [3.63, 3.8) is 0 Å². The number of carbonyl (C=O) groups is 2. The molecule has 2 aliphatic heterocycles. The number of amides is 2. The Morgan fingerprint density at radius 3 is 2.10 bits per heavy atom. The minimum atomic E-state index is -3.66. The molecule has 2 saturated heterocycles. The van der Waals surface area contributed by atoms with Crippen molar-refractivity contribution in [1.82, 2.24) is 14.1 Å². The zero-order valence-corrected chi connectivity index (χ0v) is 17.9. The lowest BCUT2D eigenvalue weighted by atomic mass is 10.1. The van der Waals surface area contributed by atoms with Gasteiger partial charge in [-0.25, -0.2) is 12.7 Å². The number of piperazine rings is 1. The maximum atomic E-state index is 13.3. The van der Waals surface area contributed by atoms with Gasteiger partial charge in [0.2, 0.25) is 15.9 Å². The summed E-state index contributed by atoms with van der Waals surface area (Å²) in [6.07, 6.45) is 0. The Bertz CT molecular complexity index is 873. The minimum absolute atomic E-state index is 0.00909. The Hall–Kier alpha value is -2.17. The van der Waals surface area contributed by atoms with Crippen LogP contribution in [-0.4, -0.2) is 101 Å². The second-order valence-corrected chi connectivity index (χ2v) is 9.52. The van der Waals surface area contributed by atoms with Crippen LogP contribution in [0.25, 0.3) is 0 Å². The summed E-state index contributed by atoms with van der Waals surface area (Å²) >= 11 is 0. The number of benzene rings is 1. The summed E-state index contributed by atoms with van der Waals surface area (Å²) in [7, 11) is -0.733. The van der Waals surface area contributed by atoms with Crippen LogP contribution in [0.5, 0.6) is 0 Å². The van der Waals surface area contributed by atoms with Crippen molar-refractivity contribution >= 4 is 27.5 Å². The summed E-state index contributed by atoms with van der Waals surface area (Å²) in [6, 6.07) is 4.73. The van der Waals surface area contributed by atoms with Gasteiger partial charge in [-0.05, 0) is 18.2 Å². The molecule has 9 nitrogen and oxygen atoms in total. The lowest BCUT2D eigenvalue weighted by Gasteiger charge is -2.36. The van der Waals surface area contributed by atoms with Crippen molar-refractivity contribution in [2.24, 2.45) is 0 Å². The second-order valence-electron chi connectivity index (χ2n) is 7.36. The Morgan fingerprint density at radius 2 is 1.55 bits per heavy atom. The first-order chi connectivity index (χ1) is 13.7. The third kappa shape index (κ3) is 4.54. The van der Waals surface area contributed by atoms with Crippen molar-refractivity contribution in [2.75, 3.05) is 71.5 Å². The highest BCUT2D eigenvalue weighted by Crippen LogP contribution is 2.28. The van der Waals surface area contributed by atoms with Crippen LogP contribution < -0.4 is 4.90 Å². The molecule has 0 spiro atoms. The molecule has 0 N–H and O–H groups in total. The monoisotopic (exact) mass is 424 g/mol. The molecule has 10 heteroatoms. The molecule has 29 heavy (non-hydrogen) atoms. The van der Waals surface area contributed by atoms with Gasteiger partial charge in [0.15, 0.2) is 0 Å². The molecule has 0 saturated carbocycles. The van der Waals surface area contributed by atoms with Crippen LogP contribution in [0.1, 0.15) is 17.3 Å². The summed E-state index contributed by atoms with van der Waals surface area (Å²) in [6.45, 7) is 5.70. The van der Waals surface area contributed by atoms with Crippen LogP contribution in [0.2, 0.25) is 0 Å². The lowest BCUT2D eigenvalue weighted by molar-refractivity contribution is -0.130. The molecule has 1 aromatic rings. The third-order valence-electron chi connectivity index (χ3n) is 5.34. The van der Waals surface area contributed by atoms with Crippen molar-refractivity contribution < 1.29 is 22.7 Å². The number of hydrogen-bond donors (Lipinski definition) is 0. The maximum absolute atomic E-state index is 13.3. The van der Waals surface area contributed by atoms with Crippen molar-refractivity contribution in [3.05, 3.63) is 23.8 Å². The number of morpholine rings is 1. The normalized spacial score (nSPS) is 18.3. The molecular weight excluding hydrogens is 396 g/mol. The van der Waals surface area contributed by atoms with Gasteiger partial charge in [-0.3, -0.25) is 9.59 Å². The zero-order valence-electron chi connectivity index (χ0n) is 17.1. The van der Waals surface area contributed by atoms with E-state index in [0.717, 1.165) is 4.31 Å². The van der Waals surface area contributed by atoms with Gasteiger partial charge in [0.25, 0.3) is 5.91 Å². The molecule has 1 aromatic carbocycles. The average molecular weight is 425 g/mol. The van der Waals surface area contributed by atoms with Crippen molar-refractivity contribution in [1.29, 1.82) is 0 Å². The predicted octanol–water partition coefficient (Wildman–Crippen LogP) is 0.0778. The summed E-state index contributed by atoms with van der Waals surface area (Å²) in [4.78, 5) is 30.4. The number of sulfonamides is 1. The van der Waals surface area contributed by atoms with E-state index in [1.165, 1.54) is 27.1 Å². The van der Waals surface area contributed by atoms with Gasteiger partial charge in [-0.2, -0.15) is 0 Å². The molecular formula is C19H28N4O5S. The van der Waals surface area contributed by atoms with Gasteiger partial charge >= 0.3 is 0 Å². The second kappa shape index (κ2) is 8.68.